The van der Waals surface area contributed by atoms with Crippen LogP contribution in [0.2, 0.25) is 5.15 Å². The molecule has 2 aromatic carbocycles. The van der Waals surface area contributed by atoms with E-state index in [1.165, 1.54) is 18.5 Å². The maximum Gasteiger partial charge on any atom is 0.152 e. The standard InChI is InChI=1S/C24H21ClFN5O3/c1-13-16(10-22(25)30-29-13)24(33)18-9-17(19(26)11-21(18)32)23-15-3-2-14(8-20(15)27-12-28-23)31-4-6-34-7-5-31/h2-3,8-12,24,32-33H,4-7H2,1H3. The van der Waals surface area contributed by atoms with E-state index in [4.69, 9.17) is 16.3 Å². The third kappa shape index (κ3) is 4.13. The number of aliphatic hydroxyl groups is 1. The number of morpholine rings is 1. The zero-order valence-electron chi connectivity index (χ0n) is 18.2. The Morgan fingerprint density at radius 1 is 1.06 bits per heavy atom. The molecule has 1 aliphatic heterocycles. The highest BCUT2D eigenvalue weighted by atomic mass is 35.5. The first-order valence-electron chi connectivity index (χ1n) is 10.7. The van der Waals surface area contributed by atoms with Gasteiger partial charge in [0.2, 0.25) is 0 Å². The van der Waals surface area contributed by atoms with Gasteiger partial charge in [0.1, 0.15) is 24.0 Å². The first kappa shape index (κ1) is 22.4. The summed E-state index contributed by atoms with van der Waals surface area (Å²) in [7, 11) is 0. The number of anilines is 1. The monoisotopic (exact) mass is 481 g/mol. The predicted octanol–water partition coefficient (Wildman–Crippen LogP) is 3.81. The van der Waals surface area contributed by atoms with Crippen molar-refractivity contribution in [1.29, 1.82) is 0 Å². The molecule has 3 heterocycles. The largest absolute Gasteiger partial charge is 0.507 e. The highest BCUT2D eigenvalue weighted by molar-refractivity contribution is 6.29. The number of aryl methyl sites for hydroxylation is 1. The quantitative estimate of drug-likeness (QED) is 0.453. The number of nitrogens with zero attached hydrogens (tertiary/aromatic N) is 5. The van der Waals surface area contributed by atoms with Crippen LogP contribution >= 0.6 is 11.6 Å². The highest BCUT2D eigenvalue weighted by Gasteiger charge is 2.23. The number of fused-ring (bicyclic) bond motifs is 1. The Bertz CT molecular complexity index is 1380. The molecule has 0 radical (unpaired) electrons. The van der Waals surface area contributed by atoms with Crippen LogP contribution in [0.1, 0.15) is 22.9 Å². The summed E-state index contributed by atoms with van der Waals surface area (Å²) in [6.07, 6.45) is 0.0771. The summed E-state index contributed by atoms with van der Waals surface area (Å²) in [5.74, 6) is -1.07. The molecular weight excluding hydrogens is 461 g/mol. The zero-order valence-corrected chi connectivity index (χ0v) is 19.0. The summed E-state index contributed by atoms with van der Waals surface area (Å²) in [5.41, 5.74) is 3.03. The Morgan fingerprint density at radius 3 is 2.65 bits per heavy atom. The van der Waals surface area contributed by atoms with Gasteiger partial charge in [-0.05, 0) is 37.3 Å². The molecule has 0 aliphatic carbocycles. The number of benzene rings is 2. The third-order valence-corrected chi connectivity index (χ3v) is 6.13. The topological polar surface area (TPSA) is 104 Å². The number of rotatable bonds is 4. The lowest BCUT2D eigenvalue weighted by Crippen LogP contribution is -2.36. The minimum absolute atomic E-state index is 0.0966. The molecular formula is C24H21ClFN5O3. The van der Waals surface area contributed by atoms with Crippen molar-refractivity contribution in [3.8, 4) is 17.0 Å². The van der Waals surface area contributed by atoms with Gasteiger partial charge in [-0.25, -0.2) is 14.4 Å². The molecule has 0 bridgehead atoms. The first-order valence-corrected chi connectivity index (χ1v) is 11.1. The molecule has 0 spiro atoms. The maximum atomic E-state index is 15.1. The summed E-state index contributed by atoms with van der Waals surface area (Å²) < 4.78 is 20.5. The summed E-state index contributed by atoms with van der Waals surface area (Å²) in [6.45, 7) is 4.55. The number of hydrogen-bond donors (Lipinski definition) is 2. The van der Waals surface area contributed by atoms with Crippen LogP contribution in [-0.2, 0) is 4.74 Å². The number of aliphatic hydroxyl groups excluding tert-OH is 1. The van der Waals surface area contributed by atoms with Crippen molar-refractivity contribution in [3.63, 3.8) is 0 Å². The normalized spacial score (nSPS) is 15.0. The number of phenolic OH excluding ortho intramolecular Hbond substituents is 1. The number of ether oxygens (including phenoxy) is 1. The second-order valence-electron chi connectivity index (χ2n) is 8.02. The van der Waals surface area contributed by atoms with E-state index in [9.17, 15) is 10.2 Å². The van der Waals surface area contributed by atoms with Gasteiger partial charge in [-0.2, -0.15) is 5.10 Å². The van der Waals surface area contributed by atoms with Crippen molar-refractivity contribution < 1.29 is 19.3 Å². The van der Waals surface area contributed by atoms with Crippen LogP contribution in [0.4, 0.5) is 10.1 Å². The Kier molecular flexibility index (Phi) is 5.99. The first-order chi connectivity index (χ1) is 16.4. The minimum Gasteiger partial charge on any atom is -0.507 e. The van der Waals surface area contributed by atoms with Crippen LogP contribution in [0.3, 0.4) is 0 Å². The lowest BCUT2D eigenvalue weighted by Gasteiger charge is -2.29. The van der Waals surface area contributed by atoms with Gasteiger partial charge in [0, 0.05) is 46.9 Å². The molecule has 10 heteroatoms. The van der Waals surface area contributed by atoms with Crippen LogP contribution in [0, 0.1) is 12.7 Å². The second-order valence-corrected chi connectivity index (χ2v) is 8.41. The van der Waals surface area contributed by atoms with Crippen molar-refractivity contribution in [3.05, 3.63) is 70.5 Å². The summed E-state index contributed by atoms with van der Waals surface area (Å²) in [4.78, 5) is 10.9. The predicted molar refractivity (Wildman–Crippen MR) is 125 cm³/mol. The Labute approximate surface area is 199 Å². The van der Waals surface area contributed by atoms with Gasteiger partial charge in [0.25, 0.3) is 0 Å². The lowest BCUT2D eigenvalue weighted by molar-refractivity contribution is 0.122. The van der Waals surface area contributed by atoms with E-state index in [0.717, 1.165) is 24.8 Å². The molecule has 4 aromatic rings. The van der Waals surface area contributed by atoms with Gasteiger partial charge in [0.05, 0.1) is 30.1 Å². The fourth-order valence-electron chi connectivity index (χ4n) is 4.14. The fraction of sp³-hybridized carbons (Fsp3) is 0.250. The average molecular weight is 482 g/mol. The van der Waals surface area contributed by atoms with E-state index in [-0.39, 0.29) is 16.3 Å². The Balaban J connectivity index is 1.59. The van der Waals surface area contributed by atoms with E-state index >= 15 is 4.39 Å². The molecule has 174 valence electrons. The maximum absolute atomic E-state index is 15.1. The smallest absolute Gasteiger partial charge is 0.152 e. The van der Waals surface area contributed by atoms with E-state index in [1.54, 1.807) is 6.92 Å². The van der Waals surface area contributed by atoms with Gasteiger partial charge in [-0.15, -0.1) is 5.10 Å². The van der Waals surface area contributed by atoms with Crippen molar-refractivity contribution in [2.24, 2.45) is 0 Å². The molecule has 8 nitrogen and oxygen atoms in total. The van der Waals surface area contributed by atoms with Gasteiger partial charge in [-0.1, -0.05) is 11.6 Å². The summed E-state index contributed by atoms with van der Waals surface area (Å²) >= 11 is 5.94. The molecule has 1 atom stereocenters. The number of aromatic hydroxyl groups is 1. The Morgan fingerprint density at radius 2 is 1.85 bits per heavy atom. The number of hydrogen-bond acceptors (Lipinski definition) is 8. The van der Waals surface area contributed by atoms with Crippen molar-refractivity contribution in [2.45, 2.75) is 13.0 Å². The van der Waals surface area contributed by atoms with E-state index in [1.807, 2.05) is 18.2 Å². The molecule has 2 N–H and O–H groups in total. The molecule has 1 saturated heterocycles. The Hall–Kier alpha value is -3.40. The molecule has 2 aromatic heterocycles. The van der Waals surface area contributed by atoms with Crippen molar-refractivity contribution >= 4 is 28.2 Å². The van der Waals surface area contributed by atoms with Crippen LogP contribution in [-0.4, -0.2) is 56.7 Å². The lowest BCUT2D eigenvalue weighted by atomic mass is 9.96. The summed E-state index contributed by atoms with van der Waals surface area (Å²) in [5, 5.41) is 29.8. The SMILES string of the molecule is Cc1nnc(Cl)cc1C(O)c1cc(-c2ncnc3cc(N4CCOCC4)ccc23)c(F)cc1O. The third-order valence-electron chi connectivity index (χ3n) is 5.94. The van der Waals surface area contributed by atoms with Crippen LogP contribution in [0.15, 0.2) is 42.7 Å². The number of phenols is 1. The van der Waals surface area contributed by atoms with Crippen molar-refractivity contribution in [1.82, 2.24) is 20.2 Å². The number of halogens is 2. The van der Waals surface area contributed by atoms with Crippen LogP contribution in [0.5, 0.6) is 5.75 Å². The second kappa shape index (κ2) is 9.09. The molecule has 5 rings (SSSR count). The van der Waals surface area contributed by atoms with Gasteiger partial charge in [0.15, 0.2) is 5.15 Å². The van der Waals surface area contributed by atoms with E-state index < -0.39 is 17.7 Å². The molecule has 0 amide bonds. The summed E-state index contributed by atoms with van der Waals surface area (Å²) in [6, 6.07) is 9.56. The van der Waals surface area contributed by atoms with Crippen molar-refractivity contribution in [2.75, 3.05) is 31.2 Å². The van der Waals surface area contributed by atoms with E-state index in [0.29, 0.717) is 41.1 Å². The van der Waals surface area contributed by atoms with Crippen LogP contribution < -0.4 is 4.90 Å². The van der Waals surface area contributed by atoms with Crippen LogP contribution in [0.25, 0.3) is 22.2 Å². The molecule has 1 aliphatic rings. The molecule has 34 heavy (non-hydrogen) atoms. The minimum atomic E-state index is -1.30. The highest BCUT2D eigenvalue weighted by Crippen LogP contribution is 2.37. The fourth-order valence-corrected chi connectivity index (χ4v) is 4.30. The van der Waals surface area contributed by atoms with Gasteiger partial charge >= 0.3 is 0 Å². The van der Waals surface area contributed by atoms with E-state index in [2.05, 4.69) is 25.1 Å². The average Bonchev–Trinajstić information content (AvgIpc) is 2.85. The van der Waals surface area contributed by atoms with Gasteiger partial charge < -0.3 is 19.8 Å². The molecule has 1 fully saturated rings. The van der Waals surface area contributed by atoms with Gasteiger partial charge in [-0.3, -0.25) is 0 Å². The zero-order chi connectivity index (χ0) is 23.8. The molecule has 0 saturated carbocycles. The number of aromatic nitrogens is 4. The molecule has 1 unspecified atom stereocenters.